The van der Waals surface area contributed by atoms with Crippen molar-refractivity contribution in [1.29, 1.82) is 0 Å². The zero-order valence-corrected chi connectivity index (χ0v) is 26.5. The molecule has 3 heteroatoms. The average Bonchev–Trinajstić information content (AvgIpc) is 3.75. The second-order valence-electron chi connectivity index (χ2n) is 12.5. The van der Waals surface area contributed by atoms with Gasteiger partial charge in [0.05, 0.1) is 11.1 Å². The molecule has 0 N–H and O–H groups in total. The summed E-state index contributed by atoms with van der Waals surface area (Å²) >= 11 is 0. The molecule has 0 aliphatic rings. The summed E-state index contributed by atoms with van der Waals surface area (Å²) in [5, 5.41) is 6.76. The molecule has 10 aromatic rings. The van der Waals surface area contributed by atoms with Crippen LogP contribution in [0.3, 0.4) is 0 Å². The molecular formula is C46H29NO2. The predicted octanol–water partition coefficient (Wildman–Crippen LogP) is 13.4. The maximum Gasteiger partial charge on any atom is 0.137 e. The summed E-state index contributed by atoms with van der Waals surface area (Å²) in [7, 11) is 0. The van der Waals surface area contributed by atoms with E-state index < -0.39 is 0 Å². The van der Waals surface area contributed by atoms with Crippen LogP contribution in [0, 0.1) is 0 Å². The Bertz CT molecular complexity index is 2830. The Kier molecular flexibility index (Phi) is 6.18. The minimum Gasteiger partial charge on any atom is -0.456 e. The first-order chi connectivity index (χ1) is 24.3. The maximum atomic E-state index is 6.37. The van der Waals surface area contributed by atoms with Gasteiger partial charge >= 0.3 is 0 Å². The highest BCUT2D eigenvalue weighted by Gasteiger charge is 2.21. The van der Waals surface area contributed by atoms with Crippen molar-refractivity contribution in [2.24, 2.45) is 0 Å². The number of fused-ring (bicyclic) bond motifs is 8. The Morgan fingerprint density at radius 3 is 1.63 bits per heavy atom. The normalized spacial score (nSPS) is 11.7. The van der Waals surface area contributed by atoms with Crippen LogP contribution < -0.4 is 4.90 Å². The van der Waals surface area contributed by atoms with Gasteiger partial charge in [0, 0.05) is 27.5 Å². The van der Waals surface area contributed by atoms with E-state index in [1.807, 2.05) is 24.3 Å². The molecule has 3 nitrogen and oxygen atoms in total. The van der Waals surface area contributed by atoms with Crippen LogP contribution in [-0.2, 0) is 0 Å². The molecule has 0 bridgehead atoms. The second-order valence-corrected chi connectivity index (χ2v) is 12.5. The van der Waals surface area contributed by atoms with E-state index in [0.717, 1.165) is 66.3 Å². The summed E-state index contributed by atoms with van der Waals surface area (Å²) in [5.74, 6) is 0. The fourth-order valence-corrected chi connectivity index (χ4v) is 7.43. The Morgan fingerprint density at radius 1 is 0.347 bits per heavy atom. The van der Waals surface area contributed by atoms with Crippen molar-refractivity contribution in [2.75, 3.05) is 4.90 Å². The quantitative estimate of drug-likeness (QED) is 0.190. The molecule has 0 radical (unpaired) electrons. The number of para-hydroxylation sites is 2. The van der Waals surface area contributed by atoms with Crippen LogP contribution in [0.5, 0.6) is 0 Å². The van der Waals surface area contributed by atoms with Crippen molar-refractivity contribution >= 4 is 71.7 Å². The molecule has 8 aromatic carbocycles. The van der Waals surface area contributed by atoms with Crippen LogP contribution in [-0.4, -0.2) is 0 Å². The average molecular weight is 628 g/mol. The SMILES string of the molecule is c1ccc(-c2ccccc2-c2ccc(N(c3ccc4ccc5oc6ccccc6c5c4c3)c3cccc4oc5ccccc5c34)cc2)cc1. The van der Waals surface area contributed by atoms with Gasteiger partial charge in [-0.1, -0.05) is 121 Å². The van der Waals surface area contributed by atoms with Crippen LogP contribution in [0.4, 0.5) is 17.1 Å². The van der Waals surface area contributed by atoms with E-state index in [-0.39, 0.29) is 0 Å². The fourth-order valence-electron chi connectivity index (χ4n) is 7.43. The van der Waals surface area contributed by atoms with Crippen LogP contribution in [0.25, 0.3) is 76.9 Å². The number of nitrogens with zero attached hydrogens (tertiary/aromatic N) is 1. The Balaban J connectivity index is 1.20. The number of anilines is 3. The molecule has 10 rings (SSSR count). The van der Waals surface area contributed by atoms with Crippen molar-refractivity contribution < 1.29 is 8.83 Å². The number of hydrogen-bond acceptors (Lipinski definition) is 3. The van der Waals surface area contributed by atoms with Gasteiger partial charge < -0.3 is 13.7 Å². The Hall–Kier alpha value is -6.58. The van der Waals surface area contributed by atoms with E-state index in [4.69, 9.17) is 8.83 Å². The number of rotatable bonds is 5. The van der Waals surface area contributed by atoms with Gasteiger partial charge in [-0.3, -0.25) is 0 Å². The number of hydrogen-bond donors (Lipinski definition) is 0. The molecule has 2 aromatic heterocycles. The molecule has 230 valence electrons. The molecule has 0 fully saturated rings. The molecule has 49 heavy (non-hydrogen) atoms. The third-order valence-corrected chi connectivity index (χ3v) is 9.67. The third-order valence-electron chi connectivity index (χ3n) is 9.67. The largest absolute Gasteiger partial charge is 0.456 e. The first kappa shape index (κ1) is 27.5. The highest BCUT2D eigenvalue weighted by molar-refractivity contribution is 6.20. The minimum atomic E-state index is 0.862. The molecule has 0 aliphatic carbocycles. The van der Waals surface area contributed by atoms with Crippen molar-refractivity contribution in [3.63, 3.8) is 0 Å². The molecule has 0 atom stereocenters. The van der Waals surface area contributed by atoms with Crippen LogP contribution in [0.15, 0.2) is 185 Å². The molecule has 0 amide bonds. The molecule has 2 heterocycles. The monoisotopic (exact) mass is 627 g/mol. The van der Waals surface area contributed by atoms with E-state index in [2.05, 4.69) is 157 Å². The maximum absolute atomic E-state index is 6.37. The van der Waals surface area contributed by atoms with Gasteiger partial charge in [-0.05, 0) is 87.6 Å². The minimum absolute atomic E-state index is 0.862. The standard InChI is InChI=1S/C46H29NO2/c1-2-11-30(12-3-1)35-13-4-5-14-36(35)31-21-25-33(26-22-31)47(40-17-10-20-43-46(40)38-16-7-9-19-42(38)48-43)34-27-23-32-24-28-44-45(39(32)29-34)37-15-6-8-18-41(37)49-44/h1-29H. The van der Waals surface area contributed by atoms with E-state index in [1.165, 1.54) is 27.6 Å². The van der Waals surface area contributed by atoms with E-state index >= 15 is 0 Å². The fraction of sp³-hybridized carbons (Fsp3) is 0. The Morgan fingerprint density at radius 2 is 0.898 bits per heavy atom. The molecule has 0 saturated heterocycles. The summed E-state index contributed by atoms with van der Waals surface area (Å²) < 4.78 is 12.7. The molecule has 0 saturated carbocycles. The van der Waals surface area contributed by atoms with Crippen LogP contribution >= 0.6 is 0 Å². The zero-order chi connectivity index (χ0) is 32.3. The highest BCUT2D eigenvalue weighted by Crippen LogP contribution is 2.45. The van der Waals surface area contributed by atoms with E-state index in [9.17, 15) is 0 Å². The predicted molar refractivity (Wildman–Crippen MR) is 204 cm³/mol. The van der Waals surface area contributed by atoms with Gasteiger partial charge in [-0.25, -0.2) is 0 Å². The van der Waals surface area contributed by atoms with Crippen LogP contribution in [0.1, 0.15) is 0 Å². The number of benzene rings is 8. The van der Waals surface area contributed by atoms with Crippen molar-refractivity contribution in [3.8, 4) is 22.3 Å². The van der Waals surface area contributed by atoms with Crippen LogP contribution in [0.2, 0.25) is 0 Å². The first-order valence-corrected chi connectivity index (χ1v) is 16.6. The lowest BCUT2D eigenvalue weighted by Gasteiger charge is -2.27. The molecule has 0 unspecified atom stereocenters. The van der Waals surface area contributed by atoms with Gasteiger partial charge in [0.25, 0.3) is 0 Å². The van der Waals surface area contributed by atoms with Gasteiger partial charge in [-0.15, -0.1) is 0 Å². The molecule has 0 aliphatic heterocycles. The summed E-state index contributed by atoms with van der Waals surface area (Å²) in [5.41, 5.74) is 11.5. The molecule has 0 spiro atoms. The lowest BCUT2D eigenvalue weighted by Crippen LogP contribution is -2.10. The Labute approximate surface area is 282 Å². The summed E-state index contributed by atoms with van der Waals surface area (Å²) in [6.45, 7) is 0. The van der Waals surface area contributed by atoms with Gasteiger partial charge in [-0.2, -0.15) is 0 Å². The second kappa shape index (κ2) is 11.0. The summed E-state index contributed by atoms with van der Waals surface area (Å²) in [4.78, 5) is 2.36. The van der Waals surface area contributed by atoms with Gasteiger partial charge in [0.2, 0.25) is 0 Å². The lowest BCUT2D eigenvalue weighted by molar-refractivity contribution is 0.668. The topological polar surface area (TPSA) is 29.5 Å². The summed E-state index contributed by atoms with van der Waals surface area (Å²) in [6, 6.07) is 62.1. The number of furan rings is 2. The first-order valence-electron chi connectivity index (χ1n) is 16.6. The van der Waals surface area contributed by atoms with E-state index in [0.29, 0.717) is 0 Å². The highest BCUT2D eigenvalue weighted by atomic mass is 16.3. The van der Waals surface area contributed by atoms with Gasteiger partial charge in [0.15, 0.2) is 0 Å². The third kappa shape index (κ3) is 4.44. The smallest absolute Gasteiger partial charge is 0.137 e. The summed E-state index contributed by atoms with van der Waals surface area (Å²) in [6.07, 6.45) is 0. The van der Waals surface area contributed by atoms with Crippen molar-refractivity contribution in [3.05, 3.63) is 176 Å². The van der Waals surface area contributed by atoms with Gasteiger partial charge in [0.1, 0.15) is 22.3 Å². The molecular weight excluding hydrogens is 599 g/mol. The lowest BCUT2D eigenvalue weighted by atomic mass is 9.94. The van der Waals surface area contributed by atoms with Crippen molar-refractivity contribution in [1.82, 2.24) is 0 Å². The van der Waals surface area contributed by atoms with E-state index in [1.54, 1.807) is 0 Å². The zero-order valence-electron chi connectivity index (χ0n) is 26.5. The van der Waals surface area contributed by atoms with Crippen molar-refractivity contribution in [2.45, 2.75) is 0 Å².